The van der Waals surface area contributed by atoms with Crippen LogP contribution in [0.3, 0.4) is 0 Å². The van der Waals surface area contributed by atoms with Crippen LogP contribution in [0.1, 0.15) is 47.7 Å². The molecule has 2 unspecified atom stereocenters. The molecule has 2 aromatic carbocycles. The van der Waals surface area contributed by atoms with E-state index < -0.39 is 24.0 Å². The molecule has 0 saturated carbocycles. The van der Waals surface area contributed by atoms with Gasteiger partial charge in [0, 0.05) is 45.6 Å². The highest BCUT2D eigenvalue weighted by atomic mass is 32.1. The Bertz CT molecular complexity index is 1940. The molecule has 11 heteroatoms. The summed E-state index contributed by atoms with van der Waals surface area (Å²) in [6.45, 7) is 1.16. The number of hydrogen-bond acceptors (Lipinski definition) is 7. The number of likely N-dealkylation sites (tertiary alicyclic amines) is 1. The summed E-state index contributed by atoms with van der Waals surface area (Å²) < 4.78 is 16.4. The molecule has 7 rings (SSSR count). The summed E-state index contributed by atoms with van der Waals surface area (Å²) in [5.41, 5.74) is 7.38. The highest BCUT2D eigenvalue weighted by molar-refractivity contribution is 7.14. The fourth-order valence-electron chi connectivity index (χ4n) is 6.44. The van der Waals surface area contributed by atoms with Gasteiger partial charge in [0.05, 0.1) is 24.6 Å². The second-order valence-electron chi connectivity index (χ2n) is 11.7. The molecule has 228 valence electrons. The molecule has 2 aliphatic rings. The molecular formula is C34H31FN6O3S. The van der Waals surface area contributed by atoms with Crippen LogP contribution < -0.4 is 5.32 Å². The Kier molecular flexibility index (Phi) is 7.70. The molecule has 0 bridgehead atoms. The van der Waals surface area contributed by atoms with Gasteiger partial charge in [-0.05, 0) is 73.6 Å². The van der Waals surface area contributed by atoms with Gasteiger partial charge in [-0.3, -0.25) is 14.4 Å². The molecule has 45 heavy (non-hydrogen) atoms. The number of halogens is 1. The summed E-state index contributed by atoms with van der Waals surface area (Å²) in [6.07, 6.45) is 8.04. The topological polar surface area (TPSA) is 110 Å². The third-order valence-corrected chi connectivity index (χ3v) is 9.49. The number of anilines is 1. The van der Waals surface area contributed by atoms with E-state index >= 15 is 0 Å². The second kappa shape index (κ2) is 12.0. The largest absolute Gasteiger partial charge is 0.337 e. The van der Waals surface area contributed by atoms with Crippen molar-refractivity contribution in [3.63, 3.8) is 0 Å². The first-order valence-corrected chi connectivity index (χ1v) is 15.9. The van der Waals surface area contributed by atoms with Gasteiger partial charge in [0.1, 0.15) is 18.8 Å². The summed E-state index contributed by atoms with van der Waals surface area (Å²) >= 11 is 1.30. The van der Waals surface area contributed by atoms with Crippen molar-refractivity contribution in [1.29, 1.82) is 0 Å². The number of benzene rings is 2. The van der Waals surface area contributed by atoms with Crippen LogP contribution in [0, 0.1) is 0 Å². The van der Waals surface area contributed by atoms with E-state index in [4.69, 9.17) is 0 Å². The molecule has 5 aromatic rings. The Hall–Kier alpha value is -4.77. The lowest BCUT2D eigenvalue weighted by Gasteiger charge is -2.23. The minimum atomic E-state index is -1.32. The molecule has 0 radical (unpaired) electrons. The van der Waals surface area contributed by atoms with E-state index in [1.54, 1.807) is 23.2 Å². The summed E-state index contributed by atoms with van der Waals surface area (Å²) in [5.74, 6) is -1.01. The van der Waals surface area contributed by atoms with Gasteiger partial charge in [0.15, 0.2) is 10.9 Å². The SMILES string of the molecule is CC(=O)c1cn(CC(=O)N2CC(F)CC2C(=O)Nc2nc(-c3ccc4c(c3)CCCC4)cs2)c2ccc(-c3ccnnc3)cc12. The fraction of sp³-hybridized carbons (Fsp3) is 0.294. The first-order valence-electron chi connectivity index (χ1n) is 15.1. The average molecular weight is 623 g/mol. The van der Waals surface area contributed by atoms with Crippen molar-refractivity contribution in [2.75, 3.05) is 11.9 Å². The summed E-state index contributed by atoms with van der Waals surface area (Å²) in [5, 5.41) is 13.6. The molecule has 9 nitrogen and oxygen atoms in total. The molecule has 1 N–H and O–H groups in total. The first kappa shape index (κ1) is 29.0. The van der Waals surface area contributed by atoms with E-state index in [0.717, 1.165) is 35.2 Å². The predicted molar refractivity (Wildman–Crippen MR) is 171 cm³/mol. The highest BCUT2D eigenvalue weighted by Gasteiger charge is 2.40. The van der Waals surface area contributed by atoms with E-state index in [1.807, 2.05) is 29.6 Å². The van der Waals surface area contributed by atoms with Crippen LogP contribution in [0.4, 0.5) is 9.52 Å². The van der Waals surface area contributed by atoms with Crippen molar-refractivity contribution in [3.8, 4) is 22.4 Å². The van der Waals surface area contributed by atoms with Crippen LogP contribution in [0.2, 0.25) is 0 Å². The maximum absolute atomic E-state index is 14.7. The van der Waals surface area contributed by atoms with E-state index in [1.165, 1.54) is 47.1 Å². The number of hydrogen-bond donors (Lipinski definition) is 1. The monoisotopic (exact) mass is 622 g/mol. The zero-order valence-corrected chi connectivity index (χ0v) is 25.5. The number of fused-ring (bicyclic) bond motifs is 2. The molecule has 2 atom stereocenters. The van der Waals surface area contributed by atoms with Gasteiger partial charge in [-0.1, -0.05) is 18.2 Å². The summed E-state index contributed by atoms with van der Waals surface area (Å²) in [7, 11) is 0. The molecule has 1 fully saturated rings. The van der Waals surface area contributed by atoms with Crippen LogP contribution in [0.15, 0.2) is 66.4 Å². The number of carbonyl (C=O) groups excluding carboxylic acids is 3. The summed E-state index contributed by atoms with van der Waals surface area (Å²) in [6, 6.07) is 12.9. The van der Waals surface area contributed by atoms with E-state index in [9.17, 15) is 18.8 Å². The lowest BCUT2D eigenvalue weighted by Crippen LogP contribution is -2.44. The number of aryl methyl sites for hydroxylation is 2. The molecular weight excluding hydrogens is 591 g/mol. The van der Waals surface area contributed by atoms with Gasteiger partial charge < -0.3 is 14.8 Å². The van der Waals surface area contributed by atoms with Crippen molar-refractivity contribution in [2.24, 2.45) is 0 Å². The Morgan fingerprint density at radius 2 is 1.82 bits per heavy atom. The third kappa shape index (κ3) is 5.75. The van der Waals surface area contributed by atoms with Crippen molar-refractivity contribution in [2.45, 2.75) is 57.8 Å². The lowest BCUT2D eigenvalue weighted by molar-refractivity contribution is -0.137. The first-order chi connectivity index (χ1) is 21.8. The highest BCUT2D eigenvalue weighted by Crippen LogP contribution is 2.32. The number of carbonyl (C=O) groups is 3. The van der Waals surface area contributed by atoms with Crippen LogP contribution in [-0.2, 0) is 29.0 Å². The predicted octanol–water partition coefficient (Wildman–Crippen LogP) is 5.88. The maximum Gasteiger partial charge on any atom is 0.249 e. The number of aromatic nitrogens is 4. The standard InChI is InChI=1S/C34H31FN6O3S/c1-20(42)28-17-40(30-9-8-23(13-27(28)30)25-10-11-36-37-15-25)18-32(43)41-16-26(35)14-31(41)33(44)39-34-38-29(19-45-34)24-7-6-21-4-2-3-5-22(21)12-24/h6-13,15,17,19,26,31H,2-5,14,16,18H2,1H3,(H,38,39,44). The van der Waals surface area contributed by atoms with Gasteiger partial charge in [-0.25, -0.2) is 9.37 Å². The van der Waals surface area contributed by atoms with Gasteiger partial charge in [0.25, 0.3) is 0 Å². The zero-order valence-electron chi connectivity index (χ0n) is 24.7. The number of Topliss-reactive ketones (excluding diaryl/α,β-unsaturated/α-hetero) is 1. The van der Waals surface area contributed by atoms with E-state index in [2.05, 4.69) is 38.7 Å². The van der Waals surface area contributed by atoms with Crippen LogP contribution in [0.5, 0.6) is 0 Å². The Balaban J connectivity index is 1.08. The zero-order chi connectivity index (χ0) is 31.1. The van der Waals surface area contributed by atoms with Gasteiger partial charge in [0.2, 0.25) is 11.8 Å². The van der Waals surface area contributed by atoms with Gasteiger partial charge in [-0.15, -0.1) is 11.3 Å². The minimum absolute atomic E-state index is 0.0882. The molecule has 0 spiro atoms. The van der Waals surface area contributed by atoms with Crippen molar-refractivity contribution in [3.05, 3.63) is 83.1 Å². The van der Waals surface area contributed by atoms with Gasteiger partial charge >= 0.3 is 0 Å². The van der Waals surface area contributed by atoms with Crippen molar-refractivity contribution in [1.82, 2.24) is 24.6 Å². The van der Waals surface area contributed by atoms with Crippen molar-refractivity contribution >= 4 is 45.0 Å². The van der Waals surface area contributed by atoms with Crippen LogP contribution in [-0.4, -0.2) is 61.0 Å². The number of nitrogens with zero attached hydrogens (tertiary/aromatic N) is 5. The fourth-order valence-corrected chi connectivity index (χ4v) is 7.16. The Morgan fingerprint density at radius 3 is 2.62 bits per heavy atom. The summed E-state index contributed by atoms with van der Waals surface area (Å²) in [4.78, 5) is 45.4. The normalized spacial score (nSPS) is 17.8. The van der Waals surface area contributed by atoms with Crippen LogP contribution >= 0.6 is 11.3 Å². The molecule has 4 heterocycles. The minimum Gasteiger partial charge on any atom is -0.337 e. The second-order valence-corrected chi connectivity index (χ2v) is 12.6. The third-order valence-electron chi connectivity index (χ3n) is 8.74. The average Bonchev–Trinajstić information content (AvgIpc) is 3.78. The van der Waals surface area contributed by atoms with Crippen LogP contribution in [0.25, 0.3) is 33.3 Å². The van der Waals surface area contributed by atoms with E-state index in [-0.39, 0.29) is 25.3 Å². The molecule has 1 aliphatic heterocycles. The number of amides is 2. The number of nitrogens with one attached hydrogen (secondary N) is 1. The molecule has 1 aliphatic carbocycles. The molecule has 2 amide bonds. The number of ketones is 1. The van der Waals surface area contributed by atoms with Crippen molar-refractivity contribution < 1.29 is 18.8 Å². The maximum atomic E-state index is 14.7. The number of thiazole rings is 1. The van der Waals surface area contributed by atoms with Gasteiger partial charge in [-0.2, -0.15) is 10.2 Å². The molecule has 1 saturated heterocycles. The van der Waals surface area contributed by atoms with E-state index in [0.29, 0.717) is 21.6 Å². The number of alkyl halides is 1. The number of rotatable bonds is 7. The molecule has 3 aromatic heterocycles. The quantitative estimate of drug-likeness (QED) is 0.227. The smallest absolute Gasteiger partial charge is 0.249 e. The Labute approximate surface area is 263 Å². The Morgan fingerprint density at radius 1 is 1.00 bits per heavy atom. The lowest BCUT2D eigenvalue weighted by atomic mass is 9.90.